The fraction of sp³-hybridized carbons (Fsp3) is 0.500. The van der Waals surface area contributed by atoms with Crippen LogP contribution in [0, 0.1) is 20.2 Å². The van der Waals surface area contributed by atoms with Gasteiger partial charge in [0.05, 0.1) is 13.0 Å². The quantitative estimate of drug-likeness (QED) is 0.236. The second-order valence-electron chi connectivity index (χ2n) is 7.25. The molecule has 14 nitrogen and oxygen atoms in total. The van der Waals surface area contributed by atoms with Gasteiger partial charge in [0.1, 0.15) is 24.8 Å². The first-order valence-electron chi connectivity index (χ1n) is 9.78. The van der Waals surface area contributed by atoms with Gasteiger partial charge in [-0.3, -0.25) is 9.59 Å². The average Bonchev–Trinajstić information content (AvgIpc) is 3.43. The van der Waals surface area contributed by atoms with Crippen LogP contribution in [-0.4, -0.2) is 72.1 Å². The normalized spacial score (nSPS) is 14.0. The standard InChI is InChI=1S/C16H14F8N8O6/c17-14(18,16(22,23)24)7-28-11(34)9(30-6-4-27-13(30)32(37)38)8(10(33)25-2-1-15(19,20)21)29-5-3-26-12(29)31(35)36/h3-6,8-9H,1-2,7H2,(H,25,33)(H,28,34). The second-order valence-corrected chi connectivity index (χ2v) is 7.25. The fourth-order valence-electron chi connectivity index (χ4n) is 3.01. The molecule has 0 aromatic carbocycles. The van der Waals surface area contributed by atoms with Crippen molar-refractivity contribution in [3.05, 3.63) is 45.0 Å². The highest BCUT2D eigenvalue weighted by atomic mass is 19.4. The number of alkyl halides is 8. The molecular formula is C16H14F8N8O6. The topological polar surface area (TPSA) is 180 Å². The molecular weight excluding hydrogens is 552 g/mol. The molecule has 2 aromatic rings. The van der Waals surface area contributed by atoms with Gasteiger partial charge >= 0.3 is 30.2 Å². The van der Waals surface area contributed by atoms with Gasteiger partial charge in [-0.2, -0.15) is 35.1 Å². The predicted molar refractivity (Wildman–Crippen MR) is 104 cm³/mol. The Morgan fingerprint density at radius 1 is 0.842 bits per heavy atom. The molecule has 0 aliphatic heterocycles. The number of carbonyl (C=O) groups is 2. The largest absolute Gasteiger partial charge is 0.455 e. The zero-order chi connectivity index (χ0) is 29.1. The molecule has 0 aliphatic carbocycles. The zero-order valence-electron chi connectivity index (χ0n) is 18.2. The third-order valence-electron chi connectivity index (χ3n) is 4.67. The van der Waals surface area contributed by atoms with Crippen LogP contribution < -0.4 is 10.6 Å². The average molecular weight is 566 g/mol. The van der Waals surface area contributed by atoms with Crippen molar-refractivity contribution in [1.82, 2.24) is 29.7 Å². The molecule has 0 spiro atoms. The number of aromatic nitrogens is 4. The summed E-state index contributed by atoms with van der Waals surface area (Å²) < 4.78 is 103. The van der Waals surface area contributed by atoms with Gasteiger partial charge < -0.3 is 30.9 Å². The molecule has 2 aromatic heterocycles. The summed E-state index contributed by atoms with van der Waals surface area (Å²) in [6, 6.07) is -5.04. The van der Waals surface area contributed by atoms with Gasteiger partial charge in [-0.15, -0.1) is 0 Å². The van der Waals surface area contributed by atoms with Crippen LogP contribution in [0.2, 0.25) is 0 Å². The van der Waals surface area contributed by atoms with Crippen LogP contribution in [-0.2, 0) is 9.59 Å². The molecule has 2 atom stereocenters. The van der Waals surface area contributed by atoms with Crippen LogP contribution in [0.3, 0.4) is 0 Å². The van der Waals surface area contributed by atoms with Crippen LogP contribution in [0.15, 0.2) is 24.8 Å². The predicted octanol–water partition coefficient (Wildman–Crippen LogP) is 2.06. The van der Waals surface area contributed by atoms with E-state index in [0.29, 0.717) is 24.8 Å². The van der Waals surface area contributed by atoms with E-state index in [9.17, 15) is 64.9 Å². The number of carbonyl (C=O) groups excluding carboxylic acids is 2. The van der Waals surface area contributed by atoms with Gasteiger partial charge in [-0.1, -0.05) is 9.97 Å². The highest BCUT2D eigenvalue weighted by molar-refractivity contribution is 5.90. The van der Waals surface area contributed by atoms with E-state index in [1.54, 1.807) is 5.32 Å². The summed E-state index contributed by atoms with van der Waals surface area (Å²) in [5.41, 5.74) is 0. The van der Waals surface area contributed by atoms with Gasteiger partial charge in [0.15, 0.2) is 0 Å². The van der Waals surface area contributed by atoms with E-state index in [4.69, 9.17) is 0 Å². The minimum atomic E-state index is -6.16. The Hall–Kier alpha value is -4.40. The molecule has 2 N–H and O–H groups in total. The van der Waals surface area contributed by atoms with Gasteiger partial charge in [0, 0.05) is 6.54 Å². The zero-order valence-corrected chi connectivity index (χ0v) is 18.2. The summed E-state index contributed by atoms with van der Waals surface area (Å²) in [5, 5.41) is 25.6. The third kappa shape index (κ3) is 6.88. The van der Waals surface area contributed by atoms with Crippen molar-refractivity contribution in [3.63, 3.8) is 0 Å². The first kappa shape index (κ1) is 29.8. The lowest BCUT2D eigenvalue weighted by Crippen LogP contribution is -2.50. The minimum absolute atomic E-state index is 0.207. The molecule has 0 radical (unpaired) electrons. The summed E-state index contributed by atoms with van der Waals surface area (Å²) in [5.74, 6) is -11.6. The number of imidazole rings is 2. The van der Waals surface area contributed by atoms with Gasteiger partial charge in [0.2, 0.25) is 12.1 Å². The van der Waals surface area contributed by atoms with Crippen molar-refractivity contribution in [2.75, 3.05) is 13.1 Å². The van der Waals surface area contributed by atoms with Crippen molar-refractivity contribution < 1.29 is 54.6 Å². The Morgan fingerprint density at radius 2 is 1.26 bits per heavy atom. The van der Waals surface area contributed by atoms with Crippen molar-refractivity contribution in [2.24, 2.45) is 0 Å². The van der Waals surface area contributed by atoms with Gasteiger partial charge in [-0.25, -0.2) is 9.13 Å². The van der Waals surface area contributed by atoms with E-state index in [-0.39, 0.29) is 9.13 Å². The van der Waals surface area contributed by atoms with Crippen LogP contribution >= 0.6 is 0 Å². The van der Waals surface area contributed by atoms with Crippen LogP contribution in [0.5, 0.6) is 0 Å². The van der Waals surface area contributed by atoms with Gasteiger partial charge in [-0.05, 0) is 9.85 Å². The monoisotopic (exact) mass is 566 g/mol. The second kappa shape index (κ2) is 10.9. The first-order chi connectivity index (χ1) is 17.4. The van der Waals surface area contributed by atoms with E-state index in [1.165, 1.54) is 5.32 Å². The molecule has 0 saturated heterocycles. The maximum absolute atomic E-state index is 13.4. The smallest absolute Gasteiger partial charge is 0.390 e. The summed E-state index contributed by atoms with van der Waals surface area (Å²) in [6.07, 6.45) is -10.0. The first-order valence-corrected chi connectivity index (χ1v) is 9.78. The molecule has 38 heavy (non-hydrogen) atoms. The number of nitro groups is 2. The van der Waals surface area contributed by atoms with Crippen molar-refractivity contribution in [1.29, 1.82) is 0 Å². The molecule has 0 aliphatic rings. The summed E-state index contributed by atoms with van der Waals surface area (Å²) in [4.78, 5) is 52.6. The number of hydrogen-bond acceptors (Lipinski definition) is 8. The number of nitrogens with one attached hydrogen (secondary N) is 2. The highest BCUT2D eigenvalue weighted by Crippen LogP contribution is 2.36. The molecule has 0 bridgehead atoms. The van der Waals surface area contributed by atoms with Crippen LogP contribution in [0.25, 0.3) is 0 Å². The molecule has 0 saturated carbocycles. The maximum Gasteiger partial charge on any atom is 0.455 e. The molecule has 210 valence electrons. The lowest BCUT2D eigenvalue weighted by molar-refractivity contribution is -0.398. The van der Waals surface area contributed by atoms with Crippen LogP contribution in [0.4, 0.5) is 47.0 Å². The van der Waals surface area contributed by atoms with E-state index >= 15 is 0 Å². The minimum Gasteiger partial charge on any atom is -0.390 e. The third-order valence-corrected chi connectivity index (χ3v) is 4.67. The molecule has 0 fully saturated rings. The summed E-state index contributed by atoms with van der Waals surface area (Å²) in [7, 11) is 0. The number of amides is 2. The molecule has 2 amide bonds. The summed E-state index contributed by atoms with van der Waals surface area (Å²) in [6.45, 7) is -3.60. The van der Waals surface area contributed by atoms with Crippen molar-refractivity contribution in [2.45, 2.75) is 36.8 Å². The molecule has 2 rings (SSSR count). The molecule has 22 heteroatoms. The number of halogens is 8. The molecule has 2 unspecified atom stereocenters. The fourth-order valence-corrected chi connectivity index (χ4v) is 3.01. The van der Waals surface area contributed by atoms with Crippen molar-refractivity contribution >= 4 is 23.7 Å². The van der Waals surface area contributed by atoms with Crippen LogP contribution in [0.1, 0.15) is 18.5 Å². The number of nitrogens with zero attached hydrogens (tertiary/aromatic N) is 6. The Labute approximate surface area is 203 Å². The Morgan fingerprint density at radius 3 is 1.63 bits per heavy atom. The maximum atomic E-state index is 13.4. The molecule has 2 heterocycles. The Balaban J connectivity index is 2.64. The Kier molecular flexibility index (Phi) is 8.57. The van der Waals surface area contributed by atoms with E-state index in [0.717, 1.165) is 0 Å². The number of hydrogen-bond donors (Lipinski definition) is 2. The lowest BCUT2D eigenvalue weighted by atomic mass is 10.0. The van der Waals surface area contributed by atoms with Gasteiger partial charge in [0.25, 0.3) is 11.8 Å². The summed E-state index contributed by atoms with van der Waals surface area (Å²) >= 11 is 0. The van der Waals surface area contributed by atoms with Crippen molar-refractivity contribution in [3.8, 4) is 0 Å². The van der Waals surface area contributed by atoms with E-state index in [1.807, 2.05) is 0 Å². The lowest BCUT2D eigenvalue weighted by Gasteiger charge is -2.25. The van der Waals surface area contributed by atoms with E-state index < -0.39 is 83.4 Å². The van der Waals surface area contributed by atoms with E-state index in [2.05, 4.69) is 9.97 Å². The SMILES string of the molecule is O=C(NCCC(F)(F)F)C(C(C(=O)NCC(F)(F)C(F)(F)F)n1ccnc1[N+](=O)[O-])n1ccnc1[N+](=O)[O-]. The highest BCUT2D eigenvalue weighted by Gasteiger charge is 2.58. The Bertz CT molecular complexity index is 1190. The number of rotatable bonds is 11.